The Labute approximate surface area is 214 Å². The van der Waals surface area contributed by atoms with Gasteiger partial charge < -0.3 is 0 Å². The van der Waals surface area contributed by atoms with Gasteiger partial charge in [0.15, 0.2) is 0 Å². The van der Waals surface area contributed by atoms with Crippen LogP contribution in [0, 0.1) is 0 Å². The standard InChI is InChI=1S/C10H8.C6H6.C5H5N.6C2H6/c1-2-6-10-8-4-3-7-9(10)5-1;2*1-2-4-6-5-3-1;6*1-2/h1-8H;1-6H;1-5H;6*1-2H3. The van der Waals surface area contributed by atoms with Crippen molar-refractivity contribution in [3.8, 4) is 0 Å². The summed E-state index contributed by atoms with van der Waals surface area (Å²) in [5, 5.41) is 2.62. The summed E-state index contributed by atoms with van der Waals surface area (Å²) < 4.78 is 0. The van der Waals surface area contributed by atoms with Gasteiger partial charge in [-0.1, -0.05) is 174 Å². The first-order chi connectivity index (χ1) is 17.0. The number of pyridine rings is 1. The van der Waals surface area contributed by atoms with Crippen molar-refractivity contribution in [1.82, 2.24) is 4.98 Å². The molecular weight excluding hydrogens is 410 g/mol. The molecule has 0 atom stereocenters. The van der Waals surface area contributed by atoms with Crippen LogP contribution in [-0.2, 0) is 0 Å². The average Bonchev–Trinajstić information content (AvgIpc) is 3.02. The highest BCUT2D eigenvalue weighted by Crippen LogP contribution is 2.11. The molecule has 0 N–H and O–H groups in total. The first-order valence-electron chi connectivity index (χ1n) is 13.3. The van der Waals surface area contributed by atoms with Gasteiger partial charge in [0.25, 0.3) is 0 Å². The van der Waals surface area contributed by atoms with Crippen LogP contribution >= 0.6 is 0 Å². The minimum absolute atomic E-state index is 1.31. The van der Waals surface area contributed by atoms with Crippen molar-refractivity contribution < 1.29 is 0 Å². The van der Waals surface area contributed by atoms with Crippen molar-refractivity contribution in [1.29, 1.82) is 0 Å². The average molecular weight is 466 g/mol. The summed E-state index contributed by atoms with van der Waals surface area (Å²) in [6, 6.07) is 34.4. The quantitative estimate of drug-likeness (QED) is 0.251. The smallest absolute Gasteiger partial charge is 0.0267 e. The topological polar surface area (TPSA) is 12.9 Å². The molecule has 0 aliphatic carbocycles. The van der Waals surface area contributed by atoms with Crippen molar-refractivity contribution in [2.24, 2.45) is 0 Å². The maximum atomic E-state index is 3.78. The van der Waals surface area contributed by atoms with E-state index in [-0.39, 0.29) is 0 Å². The Morgan fingerprint density at radius 2 is 0.500 bits per heavy atom. The highest BCUT2D eigenvalue weighted by atomic mass is 14.6. The Bertz CT molecular complexity index is 587. The van der Waals surface area contributed by atoms with Crippen LogP contribution in [0.4, 0.5) is 0 Å². The predicted molar refractivity (Wildman–Crippen MR) is 163 cm³/mol. The molecule has 0 unspecified atom stereocenters. The number of fused-ring (bicyclic) bond motifs is 1. The summed E-state index contributed by atoms with van der Waals surface area (Å²) >= 11 is 0. The van der Waals surface area contributed by atoms with E-state index in [1.54, 1.807) is 12.4 Å². The zero-order valence-electron chi connectivity index (χ0n) is 24.4. The molecule has 0 saturated carbocycles. The molecule has 0 radical (unpaired) electrons. The zero-order valence-corrected chi connectivity index (χ0v) is 24.4. The van der Waals surface area contributed by atoms with E-state index in [2.05, 4.69) is 53.5 Å². The lowest BCUT2D eigenvalue weighted by molar-refractivity contribution is 1.33. The molecule has 1 aromatic heterocycles. The van der Waals surface area contributed by atoms with Crippen LogP contribution in [0.15, 0.2) is 116 Å². The Balaban J connectivity index is -0.000000104. The second kappa shape index (κ2) is 47.7. The molecule has 0 fully saturated rings. The molecule has 34 heavy (non-hydrogen) atoms. The van der Waals surface area contributed by atoms with E-state index >= 15 is 0 Å². The van der Waals surface area contributed by atoms with Gasteiger partial charge in [0.2, 0.25) is 0 Å². The summed E-state index contributed by atoms with van der Waals surface area (Å²) in [6.45, 7) is 24.0. The van der Waals surface area contributed by atoms with Gasteiger partial charge in [-0.05, 0) is 22.9 Å². The summed E-state index contributed by atoms with van der Waals surface area (Å²) in [5.41, 5.74) is 0. The predicted octanol–water partition coefficient (Wildman–Crippen LogP) is 11.8. The maximum absolute atomic E-state index is 3.78. The van der Waals surface area contributed by atoms with E-state index in [0.717, 1.165) is 0 Å². The van der Waals surface area contributed by atoms with Gasteiger partial charge in [0.05, 0.1) is 0 Å². The van der Waals surface area contributed by atoms with E-state index < -0.39 is 0 Å². The number of aromatic nitrogens is 1. The summed E-state index contributed by atoms with van der Waals surface area (Å²) in [4.78, 5) is 3.78. The number of rotatable bonds is 0. The Hall–Kier alpha value is -2.93. The van der Waals surface area contributed by atoms with Crippen LogP contribution in [0.5, 0.6) is 0 Å². The number of hydrogen-bond acceptors (Lipinski definition) is 1. The number of nitrogens with zero attached hydrogens (tertiary/aromatic N) is 1. The molecule has 192 valence electrons. The van der Waals surface area contributed by atoms with Crippen molar-refractivity contribution in [2.45, 2.75) is 83.1 Å². The van der Waals surface area contributed by atoms with Crippen molar-refractivity contribution in [3.05, 3.63) is 116 Å². The van der Waals surface area contributed by atoms with Crippen LogP contribution in [0.2, 0.25) is 0 Å². The molecule has 0 amide bonds. The lowest BCUT2D eigenvalue weighted by Crippen LogP contribution is -1.67. The van der Waals surface area contributed by atoms with E-state index in [0.29, 0.717) is 0 Å². The maximum Gasteiger partial charge on any atom is 0.0267 e. The molecule has 0 aliphatic rings. The largest absolute Gasteiger partial charge is 0.265 e. The molecule has 1 heterocycles. The Kier molecular flexibility index (Phi) is 58.0. The van der Waals surface area contributed by atoms with Gasteiger partial charge in [-0.25, -0.2) is 0 Å². The summed E-state index contributed by atoms with van der Waals surface area (Å²) in [7, 11) is 0. The third kappa shape index (κ3) is 31.3. The van der Waals surface area contributed by atoms with Crippen LogP contribution in [-0.4, -0.2) is 4.98 Å². The molecule has 1 heteroatoms. The van der Waals surface area contributed by atoms with E-state index in [4.69, 9.17) is 0 Å². The molecular formula is C33H55N. The number of benzene rings is 3. The van der Waals surface area contributed by atoms with Gasteiger partial charge in [-0.2, -0.15) is 0 Å². The monoisotopic (exact) mass is 465 g/mol. The Morgan fingerprint density at radius 1 is 0.294 bits per heavy atom. The van der Waals surface area contributed by atoms with Gasteiger partial charge >= 0.3 is 0 Å². The second-order valence-corrected chi connectivity index (χ2v) is 4.53. The minimum atomic E-state index is 1.31. The van der Waals surface area contributed by atoms with Crippen LogP contribution in [0.1, 0.15) is 83.1 Å². The van der Waals surface area contributed by atoms with Crippen LogP contribution < -0.4 is 0 Å². The van der Waals surface area contributed by atoms with Gasteiger partial charge in [0, 0.05) is 12.4 Å². The van der Waals surface area contributed by atoms with Crippen molar-refractivity contribution in [2.75, 3.05) is 0 Å². The lowest BCUT2D eigenvalue weighted by atomic mass is 10.1. The first kappa shape index (κ1) is 41.3. The zero-order chi connectivity index (χ0) is 27.3. The van der Waals surface area contributed by atoms with Crippen molar-refractivity contribution >= 4 is 10.8 Å². The molecule has 4 aromatic rings. The fourth-order valence-corrected chi connectivity index (χ4v) is 1.83. The molecule has 0 saturated heterocycles. The fourth-order valence-electron chi connectivity index (χ4n) is 1.83. The number of hydrogen-bond donors (Lipinski definition) is 0. The molecule has 0 spiro atoms. The summed E-state index contributed by atoms with van der Waals surface area (Å²) in [5.74, 6) is 0. The normalized spacial score (nSPS) is 6.82. The second-order valence-electron chi connectivity index (χ2n) is 4.53. The van der Waals surface area contributed by atoms with Gasteiger partial charge in [0.1, 0.15) is 0 Å². The Morgan fingerprint density at radius 3 is 0.647 bits per heavy atom. The third-order valence-corrected chi connectivity index (χ3v) is 2.89. The van der Waals surface area contributed by atoms with E-state index in [9.17, 15) is 0 Å². The third-order valence-electron chi connectivity index (χ3n) is 2.89. The molecule has 0 bridgehead atoms. The highest BCUT2D eigenvalue weighted by molar-refractivity contribution is 5.81. The van der Waals surface area contributed by atoms with Crippen LogP contribution in [0.25, 0.3) is 10.8 Å². The van der Waals surface area contributed by atoms with E-state index in [1.807, 2.05) is 138 Å². The van der Waals surface area contributed by atoms with Gasteiger partial charge in [-0.3, -0.25) is 4.98 Å². The molecule has 4 rings (SSSR count). The summed E-state index contributed by atoms with van der Waals surface area (Å²) in [6.07, 6.45) is 3.50. The molecule has 1 nitrogen and oxygen atoms in total. The van der Waals surface area contributed by atoms with Crippen molar-refractivity contribution in [3.63, 3.8) is 0 Å². The highest BCUT2D eigenvalue weighted by Gasteiger charge is 1.85. The fraction of sp³-hybridized carbons (Fsp3) is 0.364. The first-order valence-corrected chi connectivity index (χ1v) is 13.3. The SMILES string of the molecule is CC.CC.CC.CC.CC.CC.c1ccc2ccccc2c1.c1ccccc1.c1ccncc1. The van der Waals surface area contributed by atoms with E-state index in [1.165, 1.54) is 10.8 Å². The minimum Gasteiger partial charge on any atom is -0.265 e. The molecule has 0 aliphatic heterocycles. The lowest BCUT2D eigenvalue weighted by Gasteiger charge is -1.92. The molecule has 3 aromatic carbocycles. The van der Waals surface area contributed by atoms with Crippen LogP contribution in [0.3, 0.4) is 0 Å². The van der Waals surface area contributed by atoms with Gasteiger partial charge in [-0.15, -0.1) is 0 Å².